The van der Waals surface area contributed by atoms with E-state index in [1.807, 2.05) is 11.8 Å². The number of thioether (sulfide) groups is 1. The molecule has 1 nitrogen and oxygen atoms in total. The van der Waals surface area contributed by atoms with E-state index in [0.717, 1.165) is 5.92 Å². The summed E-state index contributed by atoms with van der Waals surface area (Å²) >= 11 is 1.91. The fourth-order valence-electron chi connectivity index (χ4n) is 0.634. The Balaban J connectivity index is 3.31. The molecular weight excluding hydrogens is 154 g/mol. The largest absolute Gasteiger partial charge is 0.198 e. The first-order valence-electron chi connectivity index (χ1n) is 4.19. The lowest BCUT2D eigenvalue weighted by molar-refractivity contribution is 0.635. The number of nitrogens with zero attached hydrogens (tertiary/aromatic N) is 1. The van der Waals surface area contributed by atoms with Crippen molar-refractivity contribution in [2.45, 2.75) is 38.9 Å². The van der Waals surface area contributed by atoms with Crippen LogP contribution in [0.3, 0.4) is 0 Å². The third-order valence-corrected chi connectivity index (χ3v) is 3.24. The molecule has 0 aromatic rings. The summed E-state index contributed by atoms with van der Waals surface area (Å²) in [4.78, 5) is 0. The van der Waals surface area contributed by atoms with Crippen LogP contribution in [0.1, 0.15) is 33.6 Å². The van der Waals surface area contributed by atoms with Crippen molar-refractivity contribution in [3.8, 4) is 6.07 Å². The van der Waals surface area contributed by atoms with Crippen LogP contribution in [0.2, 0.25) is 0 Å². The first-order chi connectivity index (χ1) is 5.20. The van der Waals surface area contributed by atoms with Crippen LogP contribution in [0, 0.1) is 17.2 Å². The van der Waals surface area contributed by atoms with Gasteiger partial charge in [-0.15, -0.1) is 0 Å². The fourth-order valence-corrected chi connectivity index (χ4v) is 1.72. The molecule has 0 rings (SSSR count). The monoisotopic (exact) mass is 171 g/mol. The quantitative estimate of drug-likeness (QED) is 0.634. The summed E-state index contributed by atoms with van der Waals surface area (Å²) < 4.78 is 0. The average Bonchev–Trinajstić information content (AvgIpc) is 2.01. The number of hydrogen-bond acceptors (Lipinski definition) is 2. The smallest absolute Gasteiger partial charge is 0.0633 e. The van der Waals surface area contributed by atoms with E-state index in [-0.39, 0.29) is 0 Å². The SMILES string of the molecule is CCC(C)CSC(C)CC#N. The lowest BCUT2D eigenvalue weighted by atomic mass is 10.2. The third kappa shape index (κ3) is 6.25. The molecule has 2 atom stereocenters. The molecule has 0 aliphatic rings. The van der Waals surface area contributed by atoms with E-state index < -0.39 is 0 Å². The summed E-state index contributed by atoms with van der Waals surface area (Å²) in [5, 5.41) is 8.90. The summed E-state index contributed by atoms with van der Waals surface area (Å²) in [6.07, 6.45) is 1.92. The highest BCUT2D eigenvalue weighted by Crippen LogP contribution is 2.18. The van der Waals surface area contributed by atoms with Crippen LogP contribution in [-0.4, -0.2) is 11.0 Å². The minimum Gasteiger partial charge on any atom is -0.198 e. The normalized spacial score (nSPS) is 15.5. The van der Waals surface area contributed by atoms with E-state index in [4.69, 9.17) is 5.26 Å². The highest BCUT2D eigenvalue weighted by Gasteiger charge is 2.04. The van der Waals surface area contributed by atoms with Crippen LogP contribution in [0.25, 0.3) is 0 Å². The zero-order chi connectivity index (χ0) is 8.69. The van der Waals surface area contributed by atoms with E-state index in [9.17, 15) is 0 Å². The molecule has 0 aromatic carbocycles. The minimum atomic E-state index is 0.508. The Bertz CT molecular complexity index is 128. The van der Waals surface area contributed by atoms with Gasteiger partial charge in [-0.3, -0.25) is 0 Å². The Kier molecular flexibility index (Phi) is 6.45. The van der Waals surface area contributed by atoms with Crippen molar-refractivity contribution in [1.82, 2.24) is 0 Å². The van der Waals surface area contributed by atoms with Gasteiger partial charge in [-0.05, 0) is 11.7 Å². The maximum atomic E-state index is 8.40. The summed E-state index contributed by atoms with van der Waals surface area (Å²) in [5.41, 5.74) is 0. The molecule has 0 saturated heterocycles. The molecule has 64 valence electrons. The van der Waals surface area contributed by atoms with Crippen molar-refractivity contribution in [1.29, 1.82) is 5.26 Å². The summed E-state index contributed by atoms with van der Waals surface area (Å²) in [6, 6.07) is 2.19. The Hall–Kier alpha value is -0.160. The molecule has 0 radical (unpaired) electrons. The maximum Gasteiger partial charge on any atom is 0.0633 e. The highest BCUT2D eigenvalue weighted by molar-refractivity contribution is 7.99. The first kappa shape index (κ1) is 10.8. The van der Waals surface area contributed by atoms with Gasteiger partial charge in [0.25, 0.3) is 0 Å². The second kappa shape index (κ2) is 6.54. The minimum absolute atomic E-state index is 0.508. The van der Waals surface area contributed by atoms with Crippen LogP contribution in [0.4, 0.5) is 0 Å². The van der Waals surface area contributed by atoms with Gasteiger partial charge in [0.2, 0.25) is 0 Å². The number of nitriles is 1. The maximum absolute atomic E-state index is 8.40. The molecule has 0 saturated carbocycles. The molecule has 0 amide bonds. The number of hydrogen-bond donors (Lipinski definition) is 0. The number of rotatable bonds is 5. The lowest BCUT2D eigenvalue weighted by Crippen LogP contribution is -2.01. The summed E-state index contributed by atoms with van der Waals surface area (Å²) in [6.45, 7) is 6.59. The molecule has 11 heavy (non-hydrogen) atoms. The molecule has 0 N–H and O–H groups in total. The van der Waals surface area contributed by atoms with Crippen molar-refractivity contribution in [3.05, 3.63) is 0 Å². The Morgan fingerprint density at radius 1 is 1.45 bits per heavy atom. The zero-order valence-electron chi connectivity index (χ0n) is 7.63. The van der Waals surface area contributed by atoms with E-state index in [2.05, 4.69) is 26.8 Å². The summed E-state index contributed by atoms with van der Waals surface area (Å²) in [7, 11) is 0. The van der Waals surface area contributed by atoms with Crippen molar-refractivity contribution in [3.63, 3.8) is 0 Å². The van der Waals surface area contributed by atoms with Gasteiger partial charge >= 0.3 is 0 Å². The van der Waals surface area contributed by atoms with Gasteiger partial charge in [-0.25, -0.2) is 0 Å². The van der Waals surface area contributed by atoms with Crippen molar-refractivity contribution < 1.29 is 0 Å². The van der Waals surface area contributed by atoms with E-state index in [1.165, 1.54) is 12.2 Å². The molecule has 0 aliphatic carbocycles. The standard InChI is InChI=1S/C9H17NS/c1-4-8(2)7-11-9(3)5-6-10/h8-9H,4-5,7H2,1-3H3. The molecule has 0 heterocycles. The average molecular weight is 171 g/mol. The summed E-state index contributed by atoms with van der Waals surface area (Å²) in [5.74, 6) is 1.99. The molecule has 0 spiro atoms. The van der Waals surface area contributed by atoms with Gasteiger partial charge in [0.05, 0.1) is 6.07 Å². The zero-order valence-corrected chi connectivity index (χ0v) is 8.45. The predicted octanol–water partition coefficient (Wildman–Crippen LogP) is 3.07. The molecular formula is C9H17NS. The molecule has 0 fully saturated rings. The van der Waals surface area contributed by atoms with E-state index in [1.54, 1.807) is 0 Å². The van der Waals surface area contributed by atoms with Crippen LogP contribution in [0.5, 0.6) is 0 Å². The van der Waals surface area contributed by atoms with Crippen LogP contribution in [-0.2, 0) is 0 Å². The van der Waals surface area contributed by atoms with Crippen molar-refractivity contribution >= 4 is 11.8 Å². The molecule has 0 aromatic heterocycles. The predicted molar refractivity (Wildman–Crippen MR) is 51.6 cm³/mol. The van der Waals surface area contributed by atoms with Crippen molar-refractivity contribution in [2.24, 2.45) is 5.92 Å². The van der Waals surface area contributed by atoms with Gasteiger partial charge in [-0.2, -0.15) is 17.0 Å². The first-order valence-corrected chi connectivity index (χ1v) is 5.24. The topological polar surface area (TPSA) is 23.8 Å². The van der Waals surface area contributed by atoms with Crippen LogP contribution in [0.15, 0.2) is 0 Å². The van der Waals surface area contributed by atoms with Gasteiger partial charge in [0, 0.05) is 11.7 Å². The Morgan fingerprint density at radius 2 is 2.09 bits per heavy atom. The Labute approximate surface area is 74.2 Å². The second-order valence-corrected chi connectivity index (χ2v) is 4.49. The second-order valence-electron chi connectivity index (χ2n) is 3.02. The molecule has 0 bridgehead atoms. The third-order valence-electron chi connectivity index (χ3n) is 1.74. The molecule has 0 aliphatic heterocycles. The fraction of sp³-hybridized carbons (Fsp3) is 0.889. The van der Waals surface area contributed by atoms with Crippen molar-refractivity contribution in [2.75, 3.05) is 5.75 Å². The van der Waals surface area contributed by atoms with Gasteiger partial charge < -0.3 is 0 Å². The van der Waals surface area contributed by atoms with Gasteiger partial charge in [0.15, 0.2) is 0 Å². The van der Waals surface area contributed by atoms with Gasteiger partial charge in [0.1, 0.15) is 0 Å². The van der Waals surface area contributed by atoms with Gasteiger partial charge in [-0.1, -0.05) is 27.2 Å². The van der Waals surface area contributed by atoms with Crippen LogP contribution < -0.4 is 0 Å². The lowest BCUT2D eigenvalue weighted by Gasteiger charge is -2.10. The van der Waals surface area contributed by atoms with Crippen LogP contribution >= 0.6 is 11.8 Å². The van der Waals surface area contributed by atoms with E-state index in [0.29, 0.717) is 11.7 Å². The van der Waals surface area contributed by atoms with E-state index >= 15 is 0 Å². The molecule has 2 unspecified atom stereocenters. The highest BCUT2D eigenvalue weighted by atomic mass is 32.2. The Morgan fingerprint density at radius 3 is 2.55 bits per heavy atom. The molecule has 2 heteroatoms.